The number of hydrogen-bond donors (Lipinski definition) is 0. The summed E-state index contributed by atoms with van der Waals surface area (Å²) in [5, 5.41) is 0.919. The van der Waals surface area contributed by atoms with Crippen LogP contribution in [0.25, 0.3) is 0 Å². The monoisotopic (exact) mass is 488 g/mol. The van der Waals surface area contributed by atoms with Gasteiger partial charge in [-0.1, -0.05) is 47.5 Å². The highest BCUT2D eigenvalue weighted by Crippen LogP contribution is 2.27. The van der Waals surface area contributed by atoms with E-state index in [-0.39, 0.29) is 37.6 Å². The second-order valence-electron chi connectivity index (χ2n) is 6.83. The standard InChI is InChI=1S/C25H22Cl2O6/c26-19-11-12-23(22(27)17-19)31-13-5-10-24(28)33-21-9-4-6-18(16-21)25(29)32-15-14-30-20-7-2-1-3-8-20/h1-4,6-9,11-12,16-17H,5,10,13-15H2. The molecule has 0 unspecified atom stereocenters. The number of halogens is 2. The van der Waals surface area contributed by atoms with Crippen LogP contribution < -0.4 is 14.2 Å². The molecule has 0 amide bonds. The Labute approximate surface area is 201 Å². The lowest BCUT2D eigenvalue weighted by molar-refractivity contribution is -0.134. The highest BCUT2D eigenvalue weighted by Gasteiger charge is 2.11. The van der Waals surface area contributed by atoms with Crippen molar-refractivity contribution < 1.29 is 28.5 Å². The molecule has 33 heavy (non-hydrogen) atoms. The molecular formula is C25H22Cl2O6. The quantitative estimate of drug-likeness (QED) is 0.187. The van der Waals surface area contributed by atoms with Crippen LogP contribution in [0.3, 0.4) is 0 Å². The summed E-state index contributed by atoms with van der Waals surface area (Å²) in [4.78, 5) is 24.3. The van der Waals surface area contributed by atoms with E-state index in [1.54, 1.807) is 36.4 Å². The maximum atomic E-state index is 12.2. The zero-order valence-electron chi connectivity index (χ0n) is 17.7. The van der Waals surface area contributed by atoms with Crippen LogP contribution in [-0.2, 0) is 9.53 Å². The second-order valence-corrected chi connectivity index (χ2v) is 7.67. The van der Waals surface area contributed by atoms with Gasteiger partial charge < -0.3 is 18.9 Å². The number of esters is 2. The van der Waals surface area contributed by atoms with Gasteiger partial charge in [-0.05, 0) is 55.0 Å². The van der Waals surface area contributed by atoms with Gasteiger partial charge in [0, 0.05) is 11.4 Å². The summed E-state index contributed by atoms with van der Waals surface area (Å²) in [6, 6.07) is 20.4. The lowest BCUT2D eigenvalue weighted by Gasteiger charge is -2.09. The number of para-hydroxylation sites is 1. The topological polar surface area (TPSA) is 71.1 Å². The Hall–Kier alpha value is -3.22. The molecule has 0 saturated heterocycles. The van der Waals surface area contributed by atoms with Crippen molar-refractivity contribution in [2.45, 2.75) is 12.8 Å². The third kappa shape index (κ3) is 8.33. The van der Waals surface area contributed by atoms with Crippen LogP contribution >= 0.6 is 23.2 Å². The van der Waals surface area contributed by atoms with Crippen LogP contribution in [0.5, 0.6) is 17.2 Å². The molecule has 8 heteroatoms. The van der Waals surface area contributed by atoms with E-state index in [9.17, 15) is 9.59 Å². The predicted molar refractivity (Wildman–Crippen MR) is 125 cm³/mol. The van der Waals surface area contributed by atoms with Crippen LogP contribution in [0.2, 0.25) is 10.0 Å². The van der Waals surface area contributed by atoms with Gasteiger partial charge in [-0.25, -0.2) is 4.79 Å². The molecule has 0 heterocycles. The van der Waals surface area contributed by atoms with Crippen LogP contribution in [0.1, 0.15) is 23.2 Å². The van der Waals surface area contributed by atoms with E-state index in [4.69, 9.17) is 42.1 Å². The summed E-state index contributed by atoms with van der Waals surface area (Å²) in [6.45, 7) is 0.608. The van der Waals surface area contributed by atoms with E-state index in [0.29, 0.717) is 28.0 Å². The first-order chi connectivity index (χ1) is 16.0. The van der Waals surface area contributed by atoms with Crippen molar-refractivity contribution in [3.63, 3.8) is 0 Å². The van der Waals surface area contributed by atoms with Gasteiger partial charge in [0.2, 0.25) is 0 Å². The van der Waals surface area contributed by atoms with Crippen molar-refractivity contribution in [3.8, 4) is 17.2 Å². The van der Waals surface area contributed by atoms with E-state index in [1.807, 2.05) is 30.3 Å². The molecule has 0 fully saturated rings. The fourth-order valence-corrected chi connectivity index (χ4v) is 3.22. The summed E-state index contributed by atoms with van der Waals surface area (Å²) in [5.41, 5.74) is 0.278. The fraction of sp³-hybridized carbons (Fsp3) is 0.200. The number of benzene rings is 3. The summed E-state index contributed by atoms with van der Waals surface area (Å²) in [5.74, 6) is 0.482. The first-order valence-corrected chi connectivity index (χ1v) is 11.0. The zero-order valence-corrected chi connectivity index (χ0v) is 19.2. The maximum Gasteiger partial charge on any atom is 0.338 e. The van der Waals surface area contributed by atoms with Crippen LogP contribution in [0.4, 0.5) is 0 Å². The van der Waals surface area contributed by atoms with Gasteiger partial charge >= 0.3 is 11.9 Å². The van der Waals surface area contributed by atoms with Crippen molar-refractivity contribution in [3.05, 3.63) is 88.4 Å². The van der Waals surface area contributed by atoms with Gasteiger partial charge in [0.25, 0.3) is 0 Å². The molecule has 172 valence electrons. The molecule has 3 aromatic rings. The summed E-state index contributed by atoms with van der Waals surface area (Å²) in [6.07, 6.45) is 0.567. The average molecular weight is 489 g/mol. The number of rotatable bonds is 11. The van der Waals surface area contributed by atoms with E-state index in [2.05, 4.69) is 0 Å². The van der Waals surface area contributed by atoms with Crippen LogP contribution in [0.15, 0.2) is 72.8 Å². The normalized spacial score (nSPS) is 10.4. The van der Waals surface area contributed by atoms with Gasteiger partial charge in [0.05, 0.1) is 17.2 Å². The highest BCUT2D eigenvalue weighted by molar-refractivity contribution is 6.35. The molecule has 0 atom stereocenters. The number of carbonyl (C=O) groups excluding carboxylic acids is 2. The van der Waals surface area contributed by atoms with E-state index >= 15 is 0 Å². The molecule has 0 aromatic heterocycles. The van der Waals surface area contributed by atoms with E-state index in [1.165, 1.54) is 6.07 Å². The minimum absolute atomic E-state index is 0.0926. The SMILES string of the molecule is O=C(CCCOc1ccc(Cl)cc1Cl)Oc1cccc(C(=O)OCCOc2ccccc2)c1. The third-order valence-corrected chi connectivity index (χ3v) is 4.84. The second kappa shape index (κ2) is 12.7. The molecular weight excluding hydrogens is 467 g/mol. The Morgan fingerprint density at radius 3 is 2.33 bits per heavy atom. The summed E-state index contributed by atoms with van der Waals surface area (Å²) < 4.78 is 21.6. The first kappa shape index (κ1) is 24.4. The Morgan fingerprint density at radius 2 is 1.55 bits per heavy atom. The minimum atomic E-state index is -0.530. The van der Waals surface area contributed by atoms with Crippen molar-refractivity contribution in [1.82, 2.24) is 0 Å². The van der Waals surface area contributed by atoms with Gasteiger partial charge in [-0.3, -0.25) is 4.79 Å². The van der Waals surface area contributed by atoms with Gasteiger partial charge in [-0.15, -0.1) is 0 Å². The van der Waals surface area contributed by atoms with Crippen molar-refractivity contribution in [2.24, 2.45) is 0 Å². The smallest absolute Gasteiger partial charge is 0.338 e. The van der Waals surface area contributed by atoms with Gasteiger partial charge in [0.15, 0.2) is 0 Å². The van der Waals surface area contributed by atoms with Crippen molar-refractivity contribution >= 4 is 35.1 Å². The Bertz CT molecular complexity index is 1070. The molecule has 0 spiro atoms. The number of carbonyl (C=O) groups is 2. The molecule has 0 radical (unpaired) electrons. The fourth-order valence-electron chi connectivity index (χ4n) is 2.75. The van der Waals surface area contributed by atoms with Crippen molar-refractivity contribution in [1.29, 1.82) is 0 Å². The molecule has 0 aliphatic rings. The average Bonchev–Trinajstić information content (AvgIpc) is 2.81. The van der Waals surface area contributed by atoms with Gasteiger partial charge in [0.1, 0.15) is 30.5 Å². The number of hydrogen-bond acceptors (Lipinski definition) is 6. The molecule has 0 N–H and O–H groups in total. The number of ether oxygens (including phenoxy) is 4. The largest absolute Gasteiger partial charge is 0.492 e. The molecule has 3 rings (SSSR count). The lowest BCUT2D eigenvalue weighted by Crippen LogP contribution is -2.13. The maximum absolute atomic E-state index is 12.2. The van der Waals surface area contributed by atoms with Crippen LogP contribution in [-0.4, -0.2) is 31.8 Å². The zero-order chi connectivity index (χ0) is 23.5. The Kier molecular flexibility index (Phi) is 9.42. The highest BCUT2D eigenvalue weighted by atomic mass is 35.5. The summed E-state index contributed by atoms with van der Waals surface area (Å²) in [7, 11) is 0. The third-order valence-electron chi connectivity index (χ3n) is 4.31. The first-order valence-electron chi connectivity index (χ1n) is 10.2. The van der Waals surface area contributed by atoms with Crippen LogP contribution in [0, 0.1) is 0 Å². The Morgan fingerprint density at radius 1 is 0.758 bits per heavy atom. The van der Waals surface area contributed by atoms with E-state index in [0.717, 1.165) is 0 Å². The lowest BCUT2D eigenvalue weighted by atomic mass is 10.2. The molecule has 6 nitrogen and oxygen atoms in total. The minimum Gasteiger partial charge on any atom is -0.492 e. The van der Waals surface area contributed by atoms with E-state index < -0.39 is 11.9 Å². The summed E-state index contributed by atoms with van der Waals surface area (Å²) >= 11 is 11.9. The van der Waals surface area contributed by atoms with Crippen molar-refractivity contribution in [2.75, 3.05) is 19.8 Å². The molecule has 0 saturated carbocycles. The molecule has 0 aliphatic heterocycles. The predicted octanol–water partition coefficient (Wildman–Crippen LogP) is 5.99. The molecule has 0 aliphatic carbocycles. The molecule has 3 aromatic carbocycles. The molecule has 0 bridgehead atoms. The Balaban J connectivity index is 1.38. The van der Waals surface area contributed by atoms with Gasteiger partial charge in [-0.2, -0.15) is 0 Å².